The fourth-order valence-corrected chi connectivity index (χ4v) is 3.33. The molecule has 2 aromatic rings. The van der Waals surface area contributed by atoms with E-state index in [0.29, 0.717) is 17.7 Å². The number of aromatic nitrogens is 3. The fraction of sp³-hybridized carbons (Fsp3) is 0.611. The van der Waals surface area contributed by atoms with Crippen LogP contribution in [0.3, 0.4) is 0 Å². The topological polar surface area (TPSA) is 80.2 Å². The summed E-state index contributed by atoms with van der Waals surface area (Å²) in [4.78, 5) is 13.6. The standard InChI is InChI=1S/C18H26N4O2/c1-3-4-9-19-18-21-11-15-16(22-18)14(10-20-17(15)24-2)12-5-7-13(23)8-6-12/h10-13,23H,3-9H2,1-2H3,(H,19,21,22). The third-order valence-electron chi connectivity index (χ3n) is 4.76. The molecule has 2 heterocycles. The molecule has 0 aromatic carbocycles. The highest BCUT2D eigenvalue weighted by Crippen LogP contribution is 2.37. The Morgan fingerprint density at radius 3 is 2.71 bits per heavy atom. The Morgan fingerprint density at radius 2 is 2.00 bits per heavy atom. The van der Waals surface area contributed by atoms with Gasteiger partial charge in [-0.2, -0.15) is 0 Å². The van der Waals surface area contributed by atoms with Gasteiger partial charge in [-0.3, -0.25) is 0 Å². The van der Waals surface area contributed by atoms with Crippen molar-refractivity contribution in [3.63, 3.8) is 0 Å². The van der Waals surface area contributed by atoms with Crippen molar-refractivity contribution >= 4 is 16.9 Å². The summed E-state index contributed by atoms with van der Waals surface area (Å²) >= 11 is 0. The predicted molar refractivity (Wildman–Crippen MR) is 94.5 cm³/mol. The molecule has 0 radical (unpaired) electrons. The molecule has 1 saturated carbocycles. The van der Waals surface area contributed by atoms with Crippen LogP contribution in [0.15, 0.2) is 12.4 Å². The molecule has 24 heavy (non-hydrogen) atoms. The van der Waals surface area contributed by atoms with Gasteiger partial charge in [0.2, 0.25) is 11.8 Å². The van der Waals surface area contributed by atoms with E-state index < -0.39 is 0 Å². The molecule has 0 saturated heterocycles. The minimum absolute atomic E-state index is 0.167. The van der Waals surface area contributed by atoms with Gasteiger partial charge in [0.1, 0.15) is 0 Å². The first-order valence-corrected chi connectivity index (χ1v) is 8.84. The van der Waals surface area contributed by atoms with Gasteiger partial charge < -0.3 is 15.2 Å². The van der Waals surface area contributed by atoms with Gasteiger partial charge in [-0.05, 0) is 38.0 Å². The fourth-order valence-electron chi connectivity index (χ4n) is 3.33. The zero-order chi connectivity index (χ0) is 16.9. The molecule has 0 spiro atoms. The van der Waals surface area contributed by atoms with Crippen molar-refractivity contribution < 1.29 is 9.84 Å². The lowest BCUT2D eigenvalue weighted by molar-refractivity contribution is 0.122. The first-order valence-electron chi connectivity index (χ1n) is 8.84. The lowest BCUT2D eigenvalue weighted by Crippen LogP contribution is -2.17. The molecule has 130 valence electrons. The second kappa shape index (κ2) is 7.75. The number of nitrogens with one attached hydrogen (secondary N) is 1. The molecule has 1 fully saturated rings. The van der Waals surface area contributed by atoms with Crippen molar-refractivity contribution in [2.75, 3.05) is 19.0 Å². The van der Waals surface area contributed by atoms with E-state index in [-0.39, 0.29) is 6.10 Å². The molecule has 0 amide bonds. The van der Waals surface area contributed by atoms with Gasteiger partial charge in [0.25, 0.3) is 0 Å². The van der Waals surface area contributed by atoms with Crippen LogP contribution in [0.25, 0.3) is 10.9 Å². The Morgan fingerprint density at radius 1 is 1.21 bits per heavy atom. The van der Waals surface area contributed by atoms with Gasteiger partial charge in [0, 0.05) is 24.5 Å². The van der Waals surface area contributed by atoms with Crippen LogP contribution in [0, 0.1) is 0 Å². The van der Waals surface area contributed by atoms with Crippen LogP contribution in [0.4, 0.5) is 5.95 Å². The third-order valence-corrected chi connectivity index (χ3v) is 4.76. The molecule has 1 aliphatic rings. The lowest BCUT2D eigenvalue weighted by Gasteiger charge is -2.26. The highest BCUT2D eigenvalue weighted by molar-refractivity contribution is 5.86. The third kappa shape index (κ3) is 3.59. The first kappa shape index (κ1) is 16.9. The smallest absolute Gasteiger partial charge is 0.224 e. The summed E-state index contributed by atoms with van der Waals surface area (Å²) in [7, 11) is 1.62. The van der Waals surface area contributed by atoms with E-state index >= 15 is 0 Å². The summed E-state index contributed by atoms with van der Waals surface area (Å²) in [6, 6.07) is 0. The van der Waals surface area contributed by atoms with Crippen LogP contribution in [-0.2, 0) is 0 Å². The van der Waals surface area contributed by atoms with E-state index in [0.717, 1.165) is 61.5 Å². The molecular formula is C18H26N4O2. The van der Waals surface area contributed by atoms with Gasteiger partial charge in [0.15, 0.2) is 0 Å². The lowest BCUT2D eigenvalue weighted by atomic mass is 9.83. The molecule has 6 heteroatoms. The number of ether oxygens (including phenoxy) is 1. The largest absolute Gasteiger partial charge is 0.480 e. The summed E-state index contributed by atoms with van der Waals surface area (Å²) in [5, 5.41) is 13.9. The van der Waals surface area contributed by atoms with E-state index in [9.17, 15) is 5.11 Å². The SMILES string of the molecule is CCCCNc1ncc2c(OC)ncc(C3CCC(O)CC3)c2n1. The van der Waals surface area contributed by atoms with Crippen LogP contribution in [0.1, 0.15) is 56.9 Å². The number of aliphatic hydroxyl groups excluding tert-OH is 1. The van der Waals surface area contributed by atoms with Gasteiger partial charge in [-0.15, -0.1) is 0 Å². The highest BCUT2D eigenvalue weighted by atomic mass is 16.5. The summed E-state index contributed by atoms with van der Waals surface area (Å²) in [6.45, 7) is 3.03. The Bertz CT molecular complexity index is 684. The van der Waals surface area contributed by atoms with Gasteiger partial charge in [0.05, 0.1) is 24.1 Å². The molecule has 1 aliphatic carbocycles. The van der Waals surface area contributed by atoms with Crippen molar-refractivity contribution in [1.82, 2.24) is 15.0 Å². The normalized spacial score (nSPS) is 21.0. The number of hydrogen-bond acceptors (Lipinski definition) is 6. The average molecular weight is 330 g/mol. The van der Waals surface area contributed by atoms with Crippen LogP contribution >= 0.6 is 0 Å². The van der Waals surface area contributed by atoms with E-state index in [1.807, 2.05) is 6.20 Å². The maximum atomic E-state index is 9.76. The number of methoxy groups -OCH3 is 1. The van der Waals surface area contributed by atoms with E-state index in [2.05, 4.69) is 22.2 Å². The predicted octanol–water partition coefficient (Wildman–Crippen LogP) is 3.26. The number of aliphatic hydroxyl groups is 1. The number of anilines is 1. The molecule has 3 rings (SSSR count). The number of nitrogens with zero attached hydrogens (tertiary/aromatic N) is 3. The number of pyridine rings is 1. The van der Waals surface area contributed by atoms with Crippen LogP contribution < -0.4 is 10.1 Å². The van der Waals surface area contributed by atoms with E-state index in [1.165, 1.54) is 0 Å². The van der Waals surface area contributed by atoms with Crippen molar-refractivity contribution in [3.05, 3.63) is 18.0 Å². The summed E-state index contributed by atoms with van der Waals surface area (Å²) in [6.07, 6.45) is 9.34. The van der Waals surface area contributed by atoms with Crippen molar-refractivity contribution in [3.8, 4) is 5.88 Å². The van der Waals surface area contributed by atoms with Crippen molar-refractivity contribution in [2.45, 2.75) is 57.5 Å². The Kier molecular flexibility index (Phi) is 5.45. The quantitative estimate of drug-likeness (QED) is 0.791. The summed E-state index contributed by atoms with van der Waals surface area (Å²) in [5.74, 6) is 1.60. The van der Waals surface area contributed by atoms with Crippen LogP contribution in [0.5, 0.6) is 5.88 Å². The number of rotatable bonds is 6. The number of hydrogen-bond donors (Lipinski definition) is 2. The van der Waals surface area contributed by atoms with Crippen LogP contribution in [0.2, 0.25) is 0 Å². The summed E-state index contributed by atoms with van der Waals surface area (Å²) < 4.78 is 5.37. The molecule has 0 unspecified atom stereocenters. The monoisotopic (exact) mass is 330 g/mol. The minimum atomic E-state index is -0.167. The van der Waals surface area contributed by atoms with Gasteiger partial charge in [-0.1, -0.05) is 13.3 Å². The molecule has 6 nitrogen and oxygen atoms in total. The van der Waals surface area contributed by atoms with Crippen molar-refractivity contribution in [2.24, 2.45) is 0 Å². The second-order valence-electron chi connectivity index (χ2n) is 6.46. The first-order chi connectivity index (χ1) is 11.7. The van der Waals surface area contributed by atoms with Crippen molar-refractivity contribution in [1.29, 1.82) is 0 Å². The maximum absolute atomic E-state index is 9.76. The number of unbranched alkanes of at least 4 members (excludes halogenated alkanes) is 1. The zero-order valence-corrected chi connectivity index (χ0v) is 14.5. The second-order valence-corrected chi connectivity index (χ2v) is 6.46. The molecule has 0 aliphatic heterocycles. The van der Waals surface area contributed by atoms with Gasteiger partial charge in [-0.25, -0.2) is 15.0 Å². The molecular weight excluding hydrogens is 304 g/mol. The number of fused-ring (bicyclic) bond motifs is 1. The maximum Gasteiger partial charge on any atom is 0.224 e. The van der Waals surface area contributed by atoms with E-state index in [1.54, 1.807) is 13.3 Å². The summed E-state index contributed by atoms with van der Waals surface area (Å²) in [5.41, 5.74) is 2.05. The Hall–Kier alpha value is -1.95. The van der Waals surface area contributed by atoms with E-state index in [4.69, 9.17) is 9.72 Å². The minimum Gasteiger partial charge on any atom is -0.480 e. The zero-order valence-electron chi connectivity index (χ0n) is 14.5. The molecule has 0 atom stereocenters. The molecule has 0 bridgehead atoms. The highest BCUT2D eigenvalue weighted by Gasteiger charge is 2.24. The van der Waals surface area contributed by atoms with Gasteiger partial charge >= 0.3 is 0 Å². The molecule has 2 aromatic heterocycles. The van der Waals surface area contributed by atoms with Crippen LogP contribution in [-0.4, -0.2) is 39.8 Å². The molecule has 2 N–H and O–H groups in total. The average Bonchev–Trinajstić information content (AvgIpc) is 2.62. The Balaban J connectivity index is 1.96. The Labute approximate surface area is 142 Å².